The van der Waals surface area contributed by atoms with E-state index in [0.717, 1.165) is 56.8 Å². The summed E-state index contributed by atoms with van der Waals surface area (Å²) < 4.78 is 15.3. The first-order valence-electron chi connectivity index (χ1n) is 12.7. The number of aromatic hydroxyl groups is 1. The third kappa shape index (κ3) is 12.3. The van der Waals surface area contributed by atoms with E-state index >= 15 is 0 Å². The van der Waals surface area contributed by atoms with Crippen LogP contribution in [0.2, 0.25) is 0 Å². The van der Waals surface area contributed by atoms with E-state index in [9.17, 15) is 5.11 Å². The summed E-state index contributed by atoms with van der Waals surface area (Å²) >= 11 is 0. The number of epoxide rings is 1. The van der Waals surface area contributed by atoms with Crippen molar-refractivity contribution in [2.24, 2.45) is 5.73 Å². The average Bonchev–Trinajstić information content (AvgIpc) is 3.74. The molecule has 0 amide bonds. The normalized spacial score (nSPS) is 21.5. The maximum absolute atomic E-state index is 9.44. The van der Waals surface area contributed by atoms with Crippen molar-refractivity contribution in [3.05, 3.63) is 59.7 Å². The molecule has 0 aromatic heterocycles. The minimum absolute atomic E-state index is 0. The van der Waals surface area contributed by atoms with Gasteiger partial charge in [0.1, 0.15) is 11.9 Å². The smallest absolute Gasteiger partial charge is 0.193 e. The van der Waals surface area contributed by atoms with Gasteiger partial charge in [-0.15, -0.1) is 11.6 Å². The van der Waals surface area contributed by atoms with E-state index in [1.807, 2.05) is 43.3 Å². The second kappa shape index (κ2) is 19.2. The molecule has 6 nitrogen and oxygen atoms in total. The van der Waals surface area contributed by atoms with Crippen LogP contribution in [0.1, 0.15) is 50.7 Å². The van der Waals surface area contributed by atoms with Crippen LogP contribution in [0.15, 0.2) is 36.4 Å². The Kier molecular flexibility index (Phi) is 18.2. The fourth-order valence-corrected chi connectivity index (χ4v) is 3.86. The van der Waals surface area contributed by atoms with Gasteiger partial charge in [0.15, 0.2) is 6.10 Å². The van der Waals surface area contributed by atoms with Gasteiger partial charge in [-0.3, -0.25) is 0 Å². The van der Waals surface area contributed by atoms with Crippen molar-refractivity contribution < 1.29 is 84.7 Å². The molecular weight excluding hydrogens is 606 g/mol. The Morgan fingerprint density at radius 3 is 2.42 bits per heavy atom. The van der Waals surface area contributed by atoms with Crippen LogP contribution in [0, 0.1) is 12.1 Å². The summed E-state index contributed by atoms with van der Waals surface area (Å²) in [6, 6.07) is 17.9. The summed E-state index contributed by atoms with van der Waals surface area (Å²) in [5, 5.41) is 12.7. The molecule has 0 spiro atoms. The van der Waals surface area contributed by atoms with Crippen LogP contribution in [-0.2, 0) is 83.0 Å². The number of nitrogens with one attached hydrogen (secondary N) is 1. The van der Waals surface area contributed by atoms with Gasteiger partial charge in [0.25, 0.3) is 0 Å². The predicted octanol–water partition coefficient (Wildman–Crippen LogP) is 3.33. The molecule has 8 heteroatoms. The van der Waals surface area contributed by atoms with Crippen LogP contribution in [0.5, 0.6) is 11.5 Å². The van der Waals surface area contributed by atoms with Gasteiger partial charge >= 0.3 is 0 Å². The van der Waals surface area contributed by atoms with E-state index in [2.05, 4.69) is 29.1 Å². The van der Waals surface area contributed by atoms with Crippen LogP contribution < -0.4 is 15.8 Å². The summed E-state index contributed by atoms with van der Waals surface area (Å²) in [7, 11) is 0. The molecule has 1 saturated heterocycles. The van der Waals surface area contributed by atoms with Gasteiger partial charge in [-0.05, 0) is 19.3 Å². The summed E-state index contributed by atoms with van der Waals surface area (Å²) in [5.74, 6) is 2.09. The van der Waals surface area contributed by atoms with Gasteiger partial charge in [-0.25, -0.2) is 0 Å². The third-order valence-electron chi connectivity index (χ3n) is 6.28. The summed E-state index contributed by atoms with van der Waals surface area (Å²) in [4.78, 5) is 0. The molecule has 36 heavy (non-hydrogen) atoms. The molecule has 2 aromatic rings. The van der Waals surface area contributed by atoms with Gasteiger partial charge in [0.2, 0.25) is 0 Å². The minimum Gasteiger partial charge on any atom is -0.597 e. The van der Waals surface area contributed by atoms with Crippen molar-refractivity contribution in [2.45, 2.75) is 76.8 Å². The van der Waals surface area contributed by atoms with Gasteiger partial charge in [-0.2, -0.15) is 36.4 Å². The van der Waals surface area contributed by atoms with Crippen molar-refractivity contribution in [1.29, 1.82) is 0 Å². The zero-order chi connectivity index (χ0) is 24.2. The Morgan fingerprint density at radius 2 is 1.78 bits per heavy atom. The molecule has 4 unspecified atom stereocenters. The van der Waals surface area contributed by atoms with Crippen LogP contribution in [-0.4, -0.2) is 60.5 Å². The number of aryl methyl sites for hydroxylation is 2. The van der Waals surface area contributed by atoms with E-state index in [0.29, 0.717) is 25.3 Å². The van der Waals surface area contributed by atoms with Crippen LogP contribution >= 0.6 is 0 Å². The number of hydrogen-bond acceptors (Lipinski definition) is 5. The number of aliphatic hydroxyl groups is 2. The quantitative estimate of drug-likeness (QED) is 0.244. The number of fused-ring (bicyclic) bond motifs is 2. The fraction of sp³-hybridized carbons (Fsp3) is 0.571. The molecule has 0 aliphatic carbocycles. The number of benzene rings is 2. The molecule has 3 aliphatic rings. The summed E-state index contributed by atoms with van der Waals surface area (Å²) in [6.45, 7) is 7.24. The molecule has 2 radical (unpaired) electrons. The van der Waals surface area contributed by atoms with Gasteiger partial charge in [0, 0.05) is 90.7 Å². The first kappa shape index (κ1) is 34.1. The number of rotatable bonds is 7. The molecular formula is C28H41N2O4Y2-. The van der Waals surface area contributed by atoms with E-state index in [1.54, 1.807) is 0 Å². The average molecular weight is 647 g/mol. The molecule has 5 rings (SSSR count). The van der Waals surface area contributed by atoms with Crippen LogP contribution in [0.4, 0.5) is 0 Å². The SMILES string of the molecule is CCC(O)CNCC1CCc2c[c-]ccc2O1.CCC1CO1.NCC1CCc2c[c-]ccc2[OH+]1.[Y].[Y]. The Labute approximate surface area is 267 Å². The van der Waals surface area contributed by atoms with Gasteiger partial charge in [-0.1, -0.05) is 38.3 Å². The second-order valence-electron chi connectivity index (χ2n) is 9.01. The molecule has 3 aliphatic heterocycles. The monoisotopic (exact) mass is 647 g/mol. The van der Waals surface area contributed by atoms with Crippen molar-refractivity contribution in [3.63, 3.8) is 0 Å². The first-order valence-corrected chi connectivity index (χ1v) is 12.7. The predicted molar refractivity (Wildman–Crippen MR) is 135 cm³/mol. The Morgan fingerprint density at radius 1 is 1.08 bits per heavy atom. The molecule has 194 valence electrons. The van der Waals surface area contributed by atoms with E-state index in [-0.39, 0.29) is 77.6 Å². The fourth-order valence-electron chi connectivity index (χ4n) is 3.86. The van der Waals surface area contributed by atoms with Crippen LogP contribution in [0.25, 0.3) is 0 Å². The maximum atomic E-state index is 9.44. The van der Waals surface area contributed by atoms with Crippen molar-refractivity contribution in [2.75, 3.05) is 26.2 Å². The summed E-state index contributed by atoms with van der Waals surface area (Å²) in [5.41, 5.74) is 8.11. The Hall–Kier alpha value is 0.0878. The minimum atomic E-state index is -0.250. The Balaban J connectivity index is 0.000000297. The maximum Gasteiger partial charge on any atom is 0.193 e. The molecule has 4 atom stereocenters. The number of nitrogens with two attached hydrogens (primary N) is 1. The van der Waals surface area contributed by atoms with Crippen molar-refractivity contribution in [1.82, 2.24) is 5.32 Å². The molecule has 0 bridgehead atoms. The molecule has 0 saturated carbocycles. The zero-order valence-corrected chi connectivity index (χ0v) is 27.5. The Bertz CT molecular complexity index is 854. The zero-order valence-electron chi connectivity index (χ0n) is 21.8. The standard InChI is InChI=1S/C14H20NO2.C10H12NO.C4H8O.2Y/c1-2-12(16)9-15-10-13-8-7-11-5-3-4-6-14(11)17-13;11-7-9-6-5-8-3-1-2-4-10(8)12-9;1-2-4-3-5-4;;/h4-6,12-13,15-16H,2,7-10H2,1H3;2-4,9H,5-7,11H2;4H,2-3H2,1H3;;/q2*-1;;;/p+1. The topological polar surface area (TPSA) is 92.8 Å². The van der Waals surface area contributed by atoms with Gasteiger partial charge < -0.3 is 30.4 Å². The van der Waals surface area contributed by atoms with Gasteiger partial charge in [0.05, 0.1) is 25.4 Å². The van der Waals surface area contributed by atoms with E-state index < -0.39 is 0 Å². The second-order valence-corrected chi connectivity index (χ2v) is 9.01. The third-order valence-corrected chi connectivity index (χ3v) is 6.28. The van der Waals surface area contributed by atoms with E-state index in [4.69, 9.17) is 15.2 Å². The molecule has 5 N–H and O–H groups in total. The van der Waals surface area contributed by atoms with E-state index in [1.165, 1.54) is 17.5 Å². The number of hydrogen-bond donors (Lipinski definition) is 3. The van der Waals surface area contributed by atoms with Crippen molar-refractivity contribution >= 4 is 0 Å². The molecule has 2 aromatic carbocycles. The number of ether oxygens (including phenoxy) is 3. The van der Waals surface area contributed by atoms with Crippen LogP contribution in [0.3, 0.4) is 0 Å². The number of aliphatic hydroxyl groups excluding tert-OH is 1. The summed E-state index contributed by atoms with van der Waals surface area (Å²) in [6.07, 6.45) is 7.18. The largest absolute Gasteiger partial charge is 0.597 e. The first-order chi connectivity index (χ1) is 16.6. The molecule has 3 heterocycles. The van der Waals surface area contributed by atoms with Crippen molar-refractivity contribution in [3.8, 4) is 11.5 Å². The molecule has 1 fully saturated rings.